The van der Waals surface area contributed by atoms with Crippen LogP contribution in [0.2, 0.25) is 0 Å². The minimum Gasteiger partial charge on any atom is -1.00 e. The summed E-state index contributed by atoms with van der Waals surface area (Å²) in [5, 5.41) is 5.02. The Kier molecular flexibility index (Phi) is 7.40. The lowest BCUT2D eigenvalue weighted by Crippen LogP contribution is -3.00. The molecule has 2 heterocycles. The molecule has 1 atom stereocenters. The van der Waals surface area contributed by atoms with E-state index in [-0.39, 0.29) is 29.4 Å². The normalized spacial score (nSPS) is 18.9. The summed E-state index contributed by atoms with van der Waals surface area (Å²) < 4.78 is 3.77. The van der Waals surface area contributed by atoms with E-state index in [2.05, 4.69) is 84.7 Å². The fourth-order valence-corrected chi connectivity index (χ4v) is 6.67. The molecule has 5 rings (SSSR count). The molecular weight excluding hydrogens is 523 g/mol. The molecule has 0 amide bonds. The maximum absolute atomic E-state index is 3.62. The molecule has 0 saturated carbocycles. The van der Waals surface area contributed by atoms with E-state index < -0.39 is 0 Å². The molecule has 4 heteroatoms. The van der Waals surface area contributed by atoms with Crippen molar-refractivity contribution in [2.24, 2.45) is 7.05 Å². The number of hydrogen-bond acceptors (Lipinski definition) is 2. The van der Waals surface area contributed by atoms with Crippen LogP contribution in [0.1, 0.15) is 68.9 Å². The number of benzene rings is 2. The highest BCUT2D eigenvalue weighted by molar-refractivity contribution is 7.19. The van der Waals surface area contributed by atoms with Crippen molar-refractivity contribution in [3.8, 4) is 0 Å². The van der Waals surface area contributed by atoms with Crippen molar-refractivity contribution in [1.29, 1.82) is 0 Å². The van der Waals surface area contributed by atoms with Gasteiger partial charge in [-0.3, -0.25) is 0 Å². The average Bonchev–Trinajstić information content (AvgIpc) is 3.11. The number of allylic oxidation sites excluding steroid dienone is 3. The van der Waals surface area contributed by atoms with Gasteiger partial charge in [0.25, 0.3) is 5.01 Å². The number of aromatic nitrogens is 1. The van der Waals surface area contributed by atoms with E-state index in [0.29, 0.717) is 0 Å². The molecule has 1 N–H and O–H groups in total. The molecule has 0 bridgehead atoms. The number of thiazole rings is 1. The molecule has 2 aromatic carbocycles. The van der Waals surface area contributed by atoms with Gasteiger partial charge in [0.1, 0.15) is 11.7 Å². The molecule has 1 spiro atoms. The van der Waals surface area contributed by atoms with Gasteiger partial charge in [-0.15, -0.1) is 0 Å². The van der Waals surface area contributed by atoms with Crippen LogP contribution >= 0.6 is 11.3 Å². The fourth-order valence-electron chi connectivity index (χ4n) is 5.40. The second-order valence-corrected chi connectivity index (χ2v) is 10.1. The Hall–Kier alpha value is -1.66. The molecule has 2 aliphatic rings. The molecule has 0 saturated heterocycles. The summed E-state index contributed by atoms with van der Waals surface area (Å²) in [4.78, 5) is 0. The lowest BCUT2D eigenvalue weighted by Gasteiger charge is -2.46. The van der Waals surface area contributed by atoms with E-state index >= 15 is 0 Å². The number of anilines is 1. The van der Waals surface area contributed by atoms with Crippen molar-refractivity contribution in [3.63, 3.8) is 0 Å². The van der Waals surface area contributed by atoms with Crippen LogP contribution in [-0.2, 0) is 12.5 Å². The third-order valence-electron chi connectivity index (χ3n) is 7.18. The molecule has 1 aliphatic carbocycles. The quantitative estimate of drug-likeness (QED) is 0.245. The molecule has 0 fully saturated rings. The number of nitrogens with one attached hydrogen (secondary N) is 1. The molecule has 168 valence electrons. The molecule has 3 aromatic rings. The van der Waals surface area contributed by atoms with Gasteiger partial charge in [-0.2, -0.15) is 4.57 Å². The van der Waals surface area contributed by atoms with Gasteiger partial charge >= 0.3 is 0 Å². The van der Waals surface area contributed by atoms with Crippen molar-refractivity contribution in [1.82, 2.24) is 0 Å². The lowest BCUT2D eigenvalue weighted by molar-refractivity contribution is -0.643. The summed E-state index contributed by atoms with van der Waals surface area (Å²) in [6, 6.07) is 17.7. The first kappa shape index (κ1) is 23.5. The number of nitrogens with zero attached hydrogens (tertiary/aromatic N) is 1. The van der Waals surface area contributed by atoms with Crippen LogP contribution in [0.3, 0.4) is 0 Å². The van der Waals surface area contributed by atoms with E-state index in [0.717, 1.165) is 6.42 Å². The first-order chi connectivity index (χ1) is 15.3. The standard InChI is InChI=1S/C28H33N2S.HI/c1-3-4-5-6-7-8-13-21-20-29-24-15-10-9-14-22(24)28(21)19-18-23(28)27-30(2)25-16-11-12-17-26(25)31-27;/h9-12,14-18,20,29H,3-8,13,19H2,1-2H3;1H/q+1;/p-1. The SMILES string of the molecule is CCCCCCCCC1=CNc2ccccc2C12CC=C2c1sc2ccccc2[n+]1C.[I-]. The number of halogens is 1. The Balaban J connectivity index is 0.00000245. The summed E-state index contributed by atoms with van der Waals surface area (Å²) in [5.41, 5.74) is 7.15. The van der Waals surface area contributed by atoms with Gasteiger partial charge < -0.3 is 29.3 Å². The van der Waals surface area contributed by atoms with Crippen LogP contribution in [0, 0.1) is 0 Å². The number of rotatable bonds is 8. The maximum atomic E-state index is 3.62. The minimum atomic E-state index is 0. The van der Waals surface area contributed by atoms with Crippen molar-refractivity contribution >= 4 is 32.8 Å². The Morgan fingerprint density at radius 2 is 1.72 bits per heavy atom. The maximum Gasteiger partial charge on any atom is 0.266 e. The summed E-state index contributed by atoms with van der Waals surface area (Å²) in [5.74, 6) is 0. The van der Waals surface area contributed by atoms with Crippen molar-refractivity contribution in [2.45, 2.75) is 63.7 Å². The highest BCUT2D eigenvalue weighted by atomic mass is 127. The highest BCUT2D eigenvalue weighted by Crippen LogP contribution is 2.58. The first-order valence-corrected chi connectivity index (χ1v) is 12.7. The zero-order chi connectivity index (χ0) is 21.3. The summed E-state index contributed by atoms with van der Waals surface area (Å²) in [7, 11) is 2.23. The first-order valence-electron chi connectivity index (χ1n) is 11.9. The third kappa shape index (κ3) is 3.94. The van der Waals surface area contributed by atoms with Gasteiger partial charge in [0.15, 0.2) is 0 Å². The van der Waals surface area contributed by atoms with Crippen molar-refractivity contribution < 1.29 is 28.5 Å². The van der Waals surface area contributed by atoms with Crippen LogP contribution in [0.25, 0.3) is 15.8 Å². The van der Waals surface area contributed by atoms with Gasteiger partial charge in [0.2, 0.25) is 5.52 Å². The second-order valence-electron chi connectivity index (χ2n) is 9.04. The van der Waals surface area contributed by atoms with Crippen LogP contribution in [0.15, 0.2) is 66.4 Å². The number of para-hydroxylation sites is 2. The Morgan fingerprint density at radius 1 is 0.969 bits per heavy atom. The predicted molar refractivity (Wildman–Crippen MR) is 133 cm³/mol. The van der Waals surface area contributed by atoms with E-state index in [1.54, 1.807) is 5.57 Å². The summed E-state index contributed by atoms with van der Waals surface area (Å²) in [6.07, 6.45) is 15.1. The Bertz CT molecular complexity index is 1160. The predicted octanol–water partition coefficient (Wildman–Crippen LogP) is 4.51. The fraction of sp³-hybridized carbons (Fsp3) is 0.393. The molecule has 2 nitrogen and oxygen atoms in total. The van der Waals surface area contributed by atoms with E-state index in [1.807, 2.05) is 11.3 Å². The van der Waals surface area contributed by atoms with Gasteiger partial charge in [-0.05, 0) is 42.5 Å². The number of hydrogen-bond donors (Lipinski definition) is 1. The third-order valence-corrected chi connectivity index (χ3v) is 8.43. The van der Waals surface area contributed by atoms with E-state index in [4.69, 9.17) is 0 Å². The summed E-state index contributed by atoms with van der Waals surface area (Å²) >= 11 is 1.94. The molecule has 32 heavy (non-hydrogen) atoms. The molecular formula is C28H33IN2S. The number of unbranched alkanes of at least 4 members (excludes halogenated alkanes) is 5. The number of fused-ring (bicyclic) bond motifs is 3. The molecule has 1 aromatic heterocycles. The largest absolute Gasteiger partial charge is 1.00 e. The van der Waals surface area contributed by atoms with Gasteiger partial charge in [-0.25, -0.2) is 0 Å². The molecule has 1 unspecified atom stereocenters. The lowest BCUT2D eigenvalue weighted by atomic mass is 9.58. The Labute approximate surface area is 213 Å². The topological polar surface area (TPSA) is 15.9 Å². The highest BCUT2D eigenvalue weighted by Gasteiger charge is 2.50. The van der Waals surface area contributed by atoms with Gasteiger partial charge in [0.05, 0.1) is 5.41 Å². The molecule has 0 radical (unpaired) electrons. The minimum absolute atomic E-state index is 0. The van der Waals surface area contributed by atoms with Crippen LogP contribution in [-0.4, -0.2) is 0 Å². The number of aryl methyl sites for hydroxylation is 1. The van der Waals surface area contributed by atoms with Gasteiger partial charge in [0, 0.05) is 23.5 Å². The Morgan fingerprint density at radius 3 is 2.50 bits per heavy atom. The zero-order valence-corrected chi connectivity index (χ0v) is 22.1. The van der Waals surface area contributed by atoms with Crippen molar-refractivity contribution in [2.75, 3.05) is 5.32 Å². The van der Waals surface area contributed by atoms with Gasteiger partial charge in [-0.1, -0.05) is 86.8 Å². The zero-order valence-electron chi connectivity index (χ0n) is 19.2. The monoisotopic (exact) mass is 556 g/mol. The van der Waals surface area contributed by atoms with Crippen molar-refractivity contribution in [3.05, 3.63) is 77.0 Å². The van der Waals surface area contributed by atoms with E-state index in [9.17, 15) is 0 Å². The summed E-state index contributed by atoms with van der Waals surface area (Å²) in [6.45, 7) is 2.29. The van der Waals surface area contributed by atoms with E-state index in [1.165, 1.54) is 77.0 Å². The second kappa shape index (κ2) is 10.1. The smallest absolute Gasteiger partial charge is 0.266 e. The molecule has 1 aliphatic heterocycles. The van der Waals surface area contributed by atoms with Crippen LogP contribution < -0.4 is 33.9 Å². The van der Waals surface area contributed by atoms with Crippen LogP contribution in [0.5, 0.6) is 0 Å². The average molecular weight is 557 g/mol. The van der Waals surface area contributed by atoms with Crippen LogP contribution in [0.4, 0.5) is 5.69 Å².